The Hall–Kier alpha value is -7.39. The number of aryl methyl sites for hydroxylation is 1. The third kappa shape index (κ3) is 9.58. The summed E-state index contributed by atoms with van der Waals surface area (Å²) in [5.74, 6) is -0.150. The quantitative estimate of drug-likeness (QED) is 0.159. The van der Waals surface area contributed by atoms with Crippen LogP contribution in [0.2, 0.25) is 0 Å². The van der Waals surface area contributed by atoms with Gasteiger partial charge in [-0.15, -0.1) is 0 Å². The topological polar surface area (TPSA) is 224 Å². The molecule has 61 heavy (non-hydrogen) atoms. The summed E-state index contributed by atoms with van der Waals surface area (Å²) >= 11 is 0. The highest BCUT2D eigenvalue weighted by molar-refractivity contribution is 7.91. The monoisotopic (exact) mass is 868 g/mol. The number of fused-ring (bicyclic) bond motifs is 2. The van der Waals surface area contributed by atoms with E-state index >= 15 is 0 Å². The minimum Gasteiger partial charge on any atom is -0.348 e. The highest BCUT2D eigenvalue weighted by Crippen LogP contribution is 2.31. The summed E-state index contributed by atoms with van der Waals surface area (Å²) < 4.78 is 91.0. The van der Waals surface area contributed by atoms with Crippen LogP contribution < -0.4 is 10.6 Å². The molecule has 0 aliphatic heterocycles. The second-order valence-electron chi connectivity index (χ2n) is 13.2. The summed E-state index contributed by atoms with van der Waals surface area (Å²) in [4.78, 5) is 44.5. The summed E-state index contributed by atoms with van der Waals surface area (Å²) in [7, 11) is -7.88. The molecule has 0 aliphatic rings. The maximum atomic E-state index is 12.9. The number of benzene rings is 2. The first kappa shape index (κ1) is 41.8. The standard InChI is InChI=1S/C20H14F3N5O3S.C20H17N5O3S/c21-20(22,23)15-5-6-24-17(8-15)32(30,31)16-3-1-12(2-4-16)9-26-19(29)14-7-13-11-27-28-18(13)25-10-14;1-14-8-18(12-21-9-14)29(27,28)17-4-2-15(3-5-17)10-23-19(26)16-11-24-20-22-6-7-25(20)13-16/h1-8,10-11H,9H2,(H,26,29)(H,25,27,28);2-9,11-13H,10H2,1H3,(H,23,26). The molecule has 0 saturated carbocycles. The van der Waals surface area contributed by atoms with E-state index in [4.69, 9.17) is 0 Å². The Labute approximate surface area is 344 Å². The van der Waals surface area contributed by atoms with Crippen molar-refractivity contribution in [2.45, 2.75) is 45.9 Å². The molecule has 6 heterocycles. The fraction of sp³-hybridized carbons (Fsp3) is 0.100. The number of aromatic amines is 1. The lowest BCUT2D eigenvalue weighted by Crippen LogP contribution is -2.23. The number of aromatic nitrogens is 8. The summed E-state index contributed by atoms with van der Waals surface area (Å²) in [5, 5.41) is 12.0. The van der Waals surface area contributed by atoms with E-state index in [9.17, 15) is 39.6 Å². The number of hydrogen-bond acceptors (Lipinski definition) is 12. The molecule has 16 nitrogen and oxygen atoms in total. The molecule has 0 bridgehead atoms. The normalized spacial score (nSPS) is 11.8. The number of hydrogen-bond donors (Lipinski definition) is 3. The molecule has 21 heteroatoms. The van der Waals surface area contributed by atoms with Crippen molar-refractivity contribution in [2.75, 3.05) is 0 Å². The van der Waals surface area contributed by atoms with Crippen LogP contribution in [0, 0.1) is 6.92 Å². The number of imidazole rings is 1. The van der Waals surface area contributed by atoms with Crippen molar-refractivity contribution in [1.29, 1.82) is 0 Å². The zero-order chi connectivity index (χ0) is 43.4. The van der Waals surface area contributed by atoms with Crippen molar-refractivity contribution in [3.63, 3.8) is 0 Å². The van der Waals surface area contributed by atoms with E-state index in [1.165, 1.54) is 61.2 Å². The lowest BCUT2D eigenvalue weighted by molar-refractivity contribution is -0.137. The van der Waals surface area contributed by atoms with Gasteiger partial charge in [-0.3, -0.25) is 24.1 Å². The molecule has 0 spiro atoms. The Bertz CT molecular complexity index is 3120. The molecule has 6 aromatic heterocycles. The lowest BCUT2D eigenvalue weighted by atomic mass is 10.2. The van der Waals surface area contributed by atoms with Gasteiger partial charge >= 0.3 is 6.18 Å². The van der Waals surface area contributed by atoms with Gasteiger partial charge in [0.25, 0.3) is 11.8 Å². The van der Waals surface area contributed by atoms with Gasteiger partial charge in [-0.2, -0.15) is 18.3 Å². The van der Waals surface area contributed by atoms with E-state index in [-0.39, 0.29) is 39.6 Å². The van der Waals surface area contributed by atoms with Crippen LogP contribution in [0.5, 0.6) is 0 Å². The summed E-state index contributed by atoms with van der Waals surface area (Å²) in [5.41, 5.74) is 2.31. The van der Waals surface area contributed by atoms with Crippen LogP contribution in [-0.4, -0.2) is 68.2 Å². The number of H-pyrrole nitrogens is 1. The first-order chi connectivity index (χ1) is 29.1. The number of pyridine rings is 3. The second kappa shape index (κ2) is 17.1. The summed E-state index contributed by atoms with van der Waals surface area (Å²) in [6.45, 7) is 2.15. The zero-order valence-electron chi connectivity index (χ0n) is 31.6. The molecular weight excluding hydrogens is 838 g/mol. The largest absolute Gasteiger partial charge is 0.416 e. The number of sulfone groups is 2. The Morgan fingerprint density at radius 2 is 1.33 bits per heavy atom. The fourth-order valence-electron chi connectivity index (χ4n) is 5.70. The number of alkyl halides is 3. The van der Waals surface area contributed by atoms with Crippen molar-refractivity contribution >= 4 is 48.3 Å². The van der Waals surface area contributed by atoms with Gasteiger partial charge < -0.3 is 10.6 Å². The van der Waals surface area contributed by atoms with Gasteiger partial charge in [0.05, 0.1) is 37.6 Å². The average Bonchev–Trinajstić information content (AvgIpc) is 3.94. The molecular formula is C40H31F3N10O6S2. The number of nitrogens with one attached hydrogen (secondary N) is 3. The van der Waals surface area contributed by atoms with Crippen LogP contribution in [0.1, 0.15) is 43.0 Å². The number of rotatable bonds is 10. The number of carbonyl (C=O) groups is 2. The predicted molar refractivity (Wildman–Crippen MR) is 211 cm³/mol. The number of amides is 2. The van der Waals surface area contributed by atoms with E-state index in [1.807, 2.05) is 0 Å². The third-order valence-corrected chi connectivity index (χ3v) is 12.3. The van der Waals surface area contributed by atoms with Crippen molar-refractivity contribution in [3.8, 4) is 0 Å². The van der Waals surface area contributed by atoms with E-state index in [2.05, 4.69) is 45.8 Å². The lowest BCUT2D eigenvalue weighted by Gasteiger charge is -2.10. The summed E-state index contributed by atoms with van der Waals surface area (Å²) in [6, 6.07) is 16.2. The molecule has 8 rings (SSSR count). The molecule has 310 valence electrons. The predicted octanol–water partition coefficient (Wildman–Crippen LogP) is 5.33. The molecule has 0 radical (unpaired) electrons. The maximum absolute atomic E-state index is 12.9. The van der Waals surface area contributed by atoms with Crippen molar-refractivity contribution in [1.82, 2.24) is 50.2 Å². The molecule has 0 unspecified atom stereocenters. The maximum Gasteiger partial charge on any atom is 0.416 e. The van der Waals surface area contributed by atoms with Crippen molar-refractivity contribution in [2.24, 2.45) is 0 Å². The van der Waals surface area contributed by atoms with E-state index in [0.29, 0.717) is 45.6 Å². The van der Waals surface area contributed by atoms with Gasteiger partial charge in [0.15, 0.2) is 10.7 Å². The minimum atomic E-state index is -4.69. The van der Waals surface area contributed by atoms with E-state index in [0.717, 1.165) is 17.3 Å². The summed E-state index contributed by atoms with van der Waals surface area (Å²) in [6.07, 6.45) is 8.41. The molecule has 0 aliphatic carbocycles. The minimum absolute atomic E-state index is 0.102. The van der Waals surface area contributed by atoms with Crippen LogP contribution in [-0.2, 0) is 38.9 Å². The molecule has 0 atom stereocenters. The second-order valence-corrected chi connectivity index (χ2v) is 17.1. The van der Waals surface area contributed by atoms with Crippen LogP contribution >= 0.6 is 0 Å². The fourth-order valence-corrected chi connectivity index (χ4v) is 8.22. The average molecular weight is 869 g/mol. The molecule has 8 aromatic rings. The molecule has 3 N–H and O–H groups in total. The van der Waals surface area contributed by atoms with Crippen LogP contribution in [0.4, 0.5) is 13.2 Å². The van der Waals surface area contributed by atoms with E-state index < -0.39 is 36.4 Å². The van der Waals surface area contributed by atoms with Gasteiger partial charge in [-0.25, -0.2) is 36.8 Å². The van der Waals surface area contributed by atoms with Gasteiger partial charge in [0, 0.05) is 68.1 Å². The van der Waals surface area contributed by atoms with Crippen LogP contribution in [0.15, 0.2) is 148 Å². The number of nitrogens with zero attached hydrogens (tertiary/aromatic N) is 7. The Kier molecular flexibility index (Phi) is 11.7. The molecule has 2 amide bonds. The van der Waals surface area contributed by atoms with Crippen LogP contribution in [0.3, 0.4) is 0 Å². The first-order valence-corrected chi connectivity index (χ1v) is 20.8. The molecule has 0 saturated heterocycles. The zero-order valence-corrected chi connectivity index (χ0v) is 33.2. The highest BCUT2D eigenvalue weighted by atomic mass is 32.2. The van der Waals surface area contributed by atoms with Gasteiger partial charge in [0.1, 0.15) is 0 Å². The van der Waals surface area contributed by atoms with Crippen molar-refractivity contribution in [3.05, 3.63) is 162 Å². The smallest absolute Gasteiger partial charge is 0.348 e. The van der Waals surface area contributed by atoms with Gasteiger partial charge in [-0.05, 0) is 72.1 Å². The Balaban J connectivity index is 0.000000185. The van der Waals surface area contributed by atoms with E-state index in [1.54, 1.807) is 60.4 Å². The highest BCUT2D eigenvalue weighted by Gasteiger charge is 2.32. The van der Waals surface area contributed by atoms with Crippen LogP contribution in [0.25, 0.3) is 16.8 Å². The molecule has 2 aromatic carbocycles. The SMILES string of the molecule is Cc1cncc(S(=O)(=O)c2ccc(CNC(=O)c3cnc4nccn4c3)cc2)c1.O=C(NCc1ccc(S(=O)(=O)c2cc(C(F)(F)F)ccn2)cc1)c1cnc2[nH]ncc2c1. The Morgan fingerprint density at radius 1 is 0.689 bits per heavy atom. The van der Waals surface area contributed by atoms with Crippen molar-refractivity contribution < 1.29 is 39.6 Å². The number of carbonyl (C=O) groups excluding carboxylic acids is 2. The molecule has 0 fully saturated rings. The third-order valence-electron chi connectivity index (χ3n) is 8.93. The van der Waals surface area contributed by atoms with Gasteiger partial charge in [0.2, 0.25) is 25.5 Å². The Morgan fingerprint density at radius 3 is 1.98 bits per heavy atom. The number of halogens is 3. The first-order valence-electron chi connectivity index (χ1n) is 17.9. The van der Waals surface area contributed by atoms with Gasteiger partial charge in [-0.1, -0.05) is 24.3 Å².